The lowest BCUT2D eigenvalue weighted by Gasteiger charge is -2.22. The Bertz CT molecular complexity index is 124. The van der Waals surface area contributed by atoms with Crippen LogP contribution >= 0.6 is 0 Å². The lowest BCUT2D eigenvalue weighted by molar-refractivity contribution is -0.0973. The maximum Gasteiger partial charge on any atom is 0.129 e. The smallest absolute Gasteiger partial charge is 0.129 e. The first-order valence-electron chi connectivity index (χ1n) is 3.67. The van der Waals surface area contributed by atoms with E-state index in [4.69, 9.17) is 14.9 Å². The molecule has 1 rings (SSSR count). The van der Waals surface area contributed by atoms with Gasteiger partial charge in [0, 0.05) is 6.42 Å². The second-order valence-corrected chi connectivity index (χ2v) is 3.04. The Hall–Kier alpha value is -0.190. The van der Waals surface area contributed by atoms with Gasteiger partial charge in [0.05, 0.1) is 19.3 Å². The topological polar surface area (TPSA) is 49.7 Å². The van der Waals surface area contributed by atoms with Crippen molar-refractivity contribution in [3.8, 4) is 0 Å². The van der Waals surface area contributed by atoms with Crippen molar-refractivity contribution < 1.29 is 19.3 Å². The van der Waals surface area contributed by atoms with E-state index in [2.05, 4.69) is 0 Å². The third-order valence-corrected chi connectivity index (χ3v) is 2.09. The van der Waals surface area contributed by atoms with Crippen molar-refractivity contribution in [1.82, 2.24) is 0 Å². The zero-order chi connectivity index (χ0) is 8.48. The van der Waals surface area contributed by atoms with Crippen LogP contribution in [0.3, 0.4) is 0 Å². The summed E-state index contributed by atoms with van der Waals surface area (Å²) in [5.74, 6) is 0. The molecule has 11 heavy (non-hydrogen) atoms. The van der Waals surface area contributed by atoms with Crippen molar-refractivity contribution in [3.63, 3.8) is 0 Å². The van der Waals surface area contributed by atoms with E-state index in [0.29, 0.717) is 0 Å². The molecule has 0 amide bonds. The Kier molecular flexibility index (Phi) is 2.47. The van der Waals surface area contributed by atoms with Gasteiger partial charge in [0.2, 0.25) is 0 Å². The van der Waals surface area contributed by atoms with Gasteiger partial charge in [-0.05, 0) is 6.92 Å². The third kappa shape index (κ3) is 1.52. The first-order chi connectivity index (χ1) is 5.13. The highest BCUT2D eigenvalue weighted by Crippen LogP contribution is 2.31. The standard InChI is InChI=1S/C7H13FO3/c1-5-6(8)2-7(3-9,4-10)11-5/h5-6,9-10H,2-4H2,1H3/t5-,6-/m0/s1. The minimum atomic E-state index is -1.07. The Balaban J connectivity index is 2.61. The molecular weight excluding hydrogens is 151 g/mol. The quantitative estimate of drug-likeness (QED) is 0.597. The molecule has 4 heteroatoms. The molecule has 0 bridgehead atoms. The number of aliphatic hydroxyl groups excluding tert-OH is 2. The normalized spacial score (nSPS) is 36.0. The molecule has 1 aliphatic rings. The summed E-state index contributed by atoms with van der Waals surface area (Å²) in [6.07, 6.45) is -1.51. The molecule has 0 unspecified atom stereocenters. The van der Waals surface area contributed by atoms with Crippen molar-refractivity contribution >= 4 is 0 Å². The largest absolute Gasteiger partial charge is 0.393 e. The maximum absolute atomic E-state index is 12.8. The summed E-state index contributed by atoms with van der Waals surface area (Å²) in [7, 11) is 0. The van der Waals surface area contributed by atoms with Crippen LogP contribution in [0.5, 0.6) is 0 Å². The Morgan fingerprint density at radius 3 is 2.27 bits per heavy atom. The van der Waals surface area contributed by atoms with Crippen molar-refractivity contribution in [2.45, 2.75) is 31.2 Å². The number of alkyl halides is 1. The number of ether oxygens (including phenoxy) is 1. The van der Waals surface area contributed by atoms with E-state index in [1.165, 1.54) is 0 Å². The summed E-state index contributed by atoms with van der Waals surface area (Å²) in [6, 6.07) is 0. The summed E-state index contributed by atoms with van der Waals surface area (Å²) < 4.78 is 17.9. The molecule has 0 aromatic rings. The molecule has 2 N–H and O–H groups in total. The van der Waals surface area contributed by atoms with Crippen LogP contribution in [0.4, 0.5) is 4.39 Å². The predicted octanol–water partition coefficient (Wildman–Crippen LogP) is -0.143. The summed E-state index contributed by atoms with van der Waals surface area (Å²) in [4.78, 5) is 0. The fraction of sp³-hybridized carbons (Fsp3) is 1.00. The molecular formula is C7H13FO3. The number of aliphatic hydroxyl groups is 2. The number of halogens is 1. The minimum absolute atomic E-state index is 0.0845. The SMILES string of the molecule is C[C@@H]1OC(CO)(CO)C[C@@H]1F. The predicted molar refractivity (Wildman–Crippen MR) is 37.0 cm³/mol. The summed E-state index contributed by atoms with van der Waals surface area (Å²) >= 11 is 0. The van der Waals surface area contributed by atoms with Crippen LogP contribution in [-0.4, -0.2) is 41.3 Å². The molecule has 1 fully saturated rings. The van der Waals surface area contributed by atoms with Gasteiger partial charge in [-0.1, -0.05) is 0 Å². The van der Waals surface area contributed by atoms with Gasteiger partial charge in [-0.3, -0.25) is 0 Å². The molecule has 0 aromatic heterocycles. The summed E-state index contributed by atoms with van der Waals surface area (Å²) in [6.45, 7) is 0.945. The molecule has 0 radical (unpaired) electrons. The van der Waals surface area contributed by atoms with Crippen LogP contribution in [-0.2, 0) is 4.74 Å². The van der Waals surface area contributed by atoms with Crippen LogP contribution < -0.4 is 0 Å². The average Bonchev–Trinajstić information content (AvgIpc) is 2.29. The molecule has 2 atom stereocenters. The van der Waals surface area contributed by atoms with E-state index >= 15 is 0 Å². The first-order valence-corrected chi connectivity index (χ1v) is 3.67. The Morgan fingerprint density at radius 2 is 2.09 bits per heavy atom. The molecule has 0 aliphatic carbocycles. The number of rotatable bonds is 2. The molecule has 0 saturated carbocycles. The fourth-order valence-corrected chi connectivity index (χ4v) is 1.29. The van der Waals surface area contributed by atoms with Crippen LogP contribution in [0.2, 0.25) is 0 Å². The van der Waals surface area contributed by atoms with E-state index in [-0.39, 0.29) is 19.6 Å². The van der Waals surface area contributed by atoms with Gasteiger partial charge >= 0.3 is 0 Å². The van der Waals surface area contributed by atoms with Crippen molar-refractivity contribution in [2.75, 3.05) is 13.2 Å². The van der Waals surface area contributed by atoms with E-state index in [1.807, 2.05) is 0 Å². The van der Waals surface area contributed by atoms with Gasteiger partial charge in [0.15, 0.2) is 0 Å². The number of hydrogen-bond acceptors (Lipinski definition) is 3. The van der Waals surface area contributed by atoms with Crippen LogP contribution in [0.15, 0.2) is 0 Å². The lowest BCUT2D eigenvalue weighted by atomic mass is 10.0. The summed E-state index contributed by atoms with van der Waals surface area (Å²) in [5, 5.41) is 17.6. The van der Waals surface area contributed by atoms with Crippen LogP contribution in [0.25, 0.3) is 0 Å². The highest BCUT2D eigenvalue weighted by Gasteiger charge is 2.44. The lowest BCUT2D eigenvalue weighted by Crippen LogP contribution is -2.37. The molecule has 3 nitrogen and oxygen atoms in total. The zero-order valence-electron chi connectivity index (χ0n) is 6.46. The van der Waals surface area contributed by atoms with Crippen molar-refractivity contribution in [1.29, 1.82) is 0 Å². The van der Waals surface area contributed by atoms with Gasteiger partial charge in [-0.2, -0.15) is 0 Å². The van der Waals surface area contributed by atoms with Crippen LogP contribution in [0.1, 0.15) is 13.3 Å². The molecule has 1 saturated heterocycles. The van der Waals surface area contributed by atoms with Gasteiger partial charge < -0.3 is 14.9 Å². The monoisotopic (exact) mass is 164 g/mol. The van der Waals surface area contributed by atoms with Gasteiger partial charge in [-0.15, -0.1) is 0 Å². The van der Waals surface area contributed by atoms with Gasteiger partial charge in [-0.25, -0.2) is 4.39 Å². The van der Waals surface area contributed by atoms with Gasteiger partial charge in [0.1, 0.15) is 11.8 Å². The summed E-state index contributed by atoms with van der Waals surface area (Å²) in [5.41, 5.74) is -1.04. The van der Waals surface area contributed by atoms with E-state index in [9.17, 15) is 4.39 Å². The van der Waals surface area contributed by atoms with E-state index in [0.717, 1.165) is 0 Å². The van der Waals surface area contributed by atoms with Crippen LogP contribution in [0, 0.1) is 0 Å². The first kappa shape index (κ1) is 8.90. The second-order valence-electron chi connectivity index (χ2n) is 3.04. The Labute approximate surface area is 64.8 Å². The second kappa shape index (κ2) is 3.05. The van der Waals surface area contributed by atoms with E-state index < -0.39 is 17.9 Å². The molecule has 0 aromatic carbocycles. The van der Waals surface area contributed by atoms with Crippen molar-refractivity contribution in [3.05, 3.63) is 0 Å². The fourth-order valence-electron chi connectivity index (χ4n) is 1.29. The van der Waals surface area contributed by atoms with E-state index in [1.54, 1.807) is 6.92 Å². The molecule has 0 spiro atoms. The average molecular weight is 164 g/mol. The maximum atomic E-state index is 12.8. The highest BCUT2D eigenvalue weighted by atomic mass is 19.1. The highest BCUT2D eigenvalue weighted by molar-refractivity contribution is 4.92. The third-order valence-electron chi connectivity index (χ3n) is 2.09. The zero-order valence-corrected chi connectivity index (χ0v) is 6.46. The van der Waals surface area contributed by atoms with Crippen molar-refractivity contribution in [2.24, 2.45) is 0 Å². The molecule has 1 aliphatic heterocycles. The minimum Gasteiger partial charge on any atom is -0.393 e. The number of hydrogen-bond donors (Lipinski definition) is 2. The molecule has 1 heterocycles. The molecule has 66 valence electrons. The van der Waals surface area contributed by atoms with Gasteiger partial charge in [0.25, 0.3) is 0 Å². The Morgan fingerprint density at radius 1 is 1.55 bits per heavy atom.